The third-order valence-electron chi connectivity index (χ3n) is 3.74. The first kappa shape index (κ1) is 18.1. The molecule has 0 spiro atoms. The molecular formula is C15H27N3O2S. The number of rotatable bonds is 8. The highest BCUT2D eigenvalue weighted by molar-refractivity contribution is 7.89. The van der Waals surface area contributed by atoms with Gasteiger partial charge in [-0.2, -0.15) is 0 Å². The van der Waals surface area contributed by atoms with Gasteiger partial charge in [-0.1, -0.05) is 12.1 Å². The van der Waals surface area contributed by atoms with Gasteiger partial charge in [-0.25, -0.2) is 12.7 Å². The van der Waals surface area contributed by atoms with Gasteiger partial charge in [0, 0.05) is 20.1 Å². The molecule has 0 saturated carbocycles. The molecule has 5 nitrogen and oxygen atoms in total. The standard InChI is InChI=1S/C15H27N3O2S/c1-13(18(5)12-6-11-16-2)14-7-9-15(10-8-14)21(19,20)17(3)4/h7-10,13,16H,6,11-12H2,1-5H3. The predicted octanol–water partition coefficient (Wildman–Crippen LogP) is 1.54. The van der Waals surface area contributed by atoms with E-state index < -0.39 is 10.0 Å². The summed E-state index contributed by atoms with van der Waals surface area (Å²) >= 11 is 0. The molecule has 0 fully saturated rings. The number of nitrogens with zero attached hydrogens (tertiary/aromatic N) is 2. The van der Waals surface area contributed by atoms with Gasteiger partial charge in [0.15, 0.2) is 0 Å². The Balaban J connectivity index is 2.78. The van der Waals surface area contributed by atoms with Gasteiger partial charge in [-0.15, -0.1) is 0 Å². The maximum atomic E-state index is 12.0. The number of sulfonamides is 1. The molecule has 1 unspecified atom stereocenters. The van der Waals surface area contributed by atoms with E-state index in [1.54, 1.807) is 26.2 Å². The second-order valence-corrected chi connectivity index (χ2v) is 7.62. The Morgan fingerprint density at radius 3 is 2.19 bits per heavy atom. The summed E-state index contributed by atoms with van der Waals surface area (Å²) in [5, 5.41) is 3.14. The molecule has 1 aromatic rings. The van der Waals surface area contributed by atoms with Crippen LogP contribution in [-0.2, 0) is 10.0 Å². The van der Waals surface area contributed by atoms with E-state index >= 15 is 0 Å². The Bertz CT molecular complexity index is 526. The van der Waals surface area contributed by atoms with Crippen LogP contribution in [0.25, 0.3) is 0 Å². The van der Waals surface area contributed by atoms with Crippen molar-refractivity contribution in [3.63, 3.8) is 0 Å². The van der Waals surface area contributed by atoms with Gasteiger partial charge in [-0.05, 0) is 58.2 Å². The highest BCUT2D eigenvalue weighted by atomic mass is 32.2. The number of nitrogens with one attached hydrogen (secondary N) is 1. The molecule has 0 aliphatic carbocycles. The SMILES string of the molecule is CNCCCN(C)C(C)c1ccc(S(=O)(=O)N(C)C)cc1. The first-order valence-electron chi connectivity index (χ1n) is 7.18. The molecule has 1 atom stereocenters. The number of benzene rings is 1. The molecule has 0 aliphatic rings. The predicted molar refractivity (Wildman–Crippen MR) is 86.9 cm³/mol. The van der Waals surface area contributed by atoms with Crippen LogP contribution < -0.4 is 5.32 Å². The van der Waals surface area contributed by atoms with Gasteiger partial charge in [0.05, 0.1) is 4.90 Å². The van der Waals surface area contributed by atoms with Crippen molar-refractivity contribution >= 4 is 10.0 Å². The fourth-order valence-corrected chi connectivity index (χ4v) is 2.98. The quantitative estimate of drug-likeness (QED) is 0.740. The Hall–Kier alpha value is -0.950. The zero-order valence-electron chi connectivity index (χ0n) is 13.6. The van der Waals surface area contributed by atoms with Crippen molar-refractivity contribution in [1.29, 1.82) is 0 Å². The summed E-state index contributed by atoms with van der Waals surface area (Å²) in [7, 11) is 3.78. The molecule has 1 aromatic carbocycles. The van der Waals surface area contributed by atoms with Crippen LogP contribution in [0.2, 0.25) is 0 Å². The van der Waals surface area contributed by atoms with E-state index in [9.17, 15) is 8.42 Å². The van der Waals surface area contributed by atoms with Crippen LogP contribution in [0.5, 0.6) is 0 Å². The Morgan fingerprint density at radius 2 is 1.71 bits per heavy atom. The molecule has 0 radical (unpaired) electrons. The van der Waals surface area contributed by atoms with Crippen molar-refractivity contribution < 1.29 is 8.42 Å². The van der Waals surface area contributed by atoms with Gasteiger partial charge in [0.2, 0.25) is 10.0 Å². The van der Waals surface area contributed by atoms with Crippen LogP contribution in [0.15, 0.2) is 29.2 Å². The Kier molecular flexibility index (Phi) is 6.80. The van der Waals surface area contributed by atoms with Crippen LogP contribution in [0.1, 0.15) is 24.9 Å². The molecule has 0 aliphatic heterocycles. The Morgan fingerprint density at radius 1 is 1.14 bits per heavy atom. The zero-order valence-corrected chi connectivity index (χ0v) is 14.4. The lowest BCUT2D eigenvalue weighted by Gasteiger charge is -2.25. The summed E-state index contributed by atoms with van der Waals surface area (Å²) in [6.07, 6.45) is 1.09. The van der Waals surface area contributed by atoms with Crippen LogP contribution in [0.4, 0.5) is 0 Å². The van der Waals surface area contributed by atoms with Crippen molar-refractivity contribution in [3.05, 3.63) is 29.8 Å². The average molecular weight is 313 g/mol. The monoisotopic (exact) mass is 313 g/mol. The van der Waals surface area contributed by atoms with E-state index in [2.05, 4.69) is 24.2 Å². The van der Waals surface area contributed by atoms with Crippen LogP contribution in [0.3, 0.4) is 0 Å². The van der Waals surface area contributed by atoms with E-state index in [-0.39, 0.29) is 6.04 Å². The zero-order chi connectivity index (χ0) is 16.0. The van der Waals surface area contributed by atoms with E-state index in [1.165, 1.54) is 4.31 Å². The van der Waals surface area contributed by atoms with E-state index in [0.717, 1.165) is 25.1 Å². The highest BCUT2D eigenvalue weighted by Crippen LogP contribution is 2.21. The smallest absolute Gasteiger partial charge is 0.242 e. The summed E-state index contributed by atoms with van der Waals surface area (Å²) in [4.78, 5) is 2.61. The molecule has 0 saturated heterocycles. The molecule has 0 aromatic heterocycles. The van der Waals surface area contributed by atoms with Gasteiger partial charge >= 0.3 is 0 Å². The van der Waals surface area contributed by atoms with Crippen LogP contribution in [0, 0.1) is 0 Å². The van der Waals surface area contributed by atoms with Crippen molar-refractivity contribution in [3.8, 4) is 0 Å². The van der Waals surface area contributed by atoms with Crippen molar-refractivity contribution in [2.24, 2.45) is 0 Å². The third kappa shape index (κ3) is 4.78. The molecule has 0 bridgehead atoms. The number of hydrogen-bond donors (Lipinski definition) is 1. The summed E-state index contributed by atoms with van der Waals surface area (Å²) < 4.78 is 25.3. The summed E-state index contributed by atoms with van der Waals surface area (Å²) in [6, 6.07) is 7.43. The minimum atomic E-state index is -3.35. The molecule has 21 heavy (non-hydrogen) atoms. The fraction of sp³-hybridized carbons (Fsp3) is 0.600. The second kappa shape index (κ2) is 7.89. The lowest BCUT2D eigenvalue weighted by Crippen LogP contribution is -2.26. The second-order valence-electron chi connectivity index (χ2n) is 5.47. The average Bonchev–Trinajstić information content (AvgIpc) is 2.46. The maximum Gasteiger partial charge on any atom is 0.242 e. The van der Waals surface area contributed by atoms with Crippen molar-refractivity contribution in [1.82, 2.24) is 14.5 Å². The first-order valence-corrected chi connectivity index (χ1v) is 8.62. The third-order valence-corrected chi connectivity index (χ3v) is 5.57. The molecular weight excluding hydrogens is 286 g/mol. The van der Waals surface area contributed by atoms with Gasteiger partial charge in [0.1, 0.15) is 0 Å². The van der Waals surface area contributed by atoms with E-state index in [0.29, 0.717) is 4.90 Å². The van der Waals surface area contributed by atoms with Gasteiger partial charge in [-0.3, -0.25) is 4.90 Å². The van der Waals surface area contributed by atoms with Gasteiger partial charge < -0.3 is 5.32 Å². The van der Waals surface area contributed by atoms with E-state index in [1.807, 2.05) is 19.2 Å². The minimum absolute atomic E-state index is 0.262. The first-order chi connectivity index (χ1) is 9.80. The van der Waals surface area contributed by atoms with Gasteiger partial charge in [0.25, 0.3) is 0 Å². The summed E-state index contributed by atoms with van der Waals surface area (Å²) in [6.45, 7) is 4.13. The maximum absolute atomic E-state index is 12.0. The molecule has 0 amide bonds. The lowest BCUT2D eigenvalue weighted by atomic mass is 10.1. The highest BCUT2D eigenvalue weighted by Gasteiger charge is 2.18. The van der Waals surface area contributed by atoms with Crippen molar-refractivity contribution in [2.45, 2.75) is 24.3 Å². The van der Waals surface area contributed by atoms with Crippen LogP contribution in [-0.4, -0.2) is 58.9 Å². The summed E-state index contributed by atoms with van der Waals surface area (Å²) in [5.74, 6) is 0. The summed E-state index contributed by atoms with van der Waals surface area (Å²) in [5.41, 5.74) is 1.12. The minimum Gasteiger partial charge on any atom is -0.320 e. The lowest BCUT2D eigenvalue weighted by molar-refractivity contribution is 0.258. The molecule has 1 rings (SSSR count). The Labute approximate surface area is 129 Å². The number of hydrogen-bond acceptors (Lipinski definition) is 4. The molecule has 0 heterocycles. The van der Waals surface area contributed by atoms with E-state index in [4.69, 9.17) is 0 Å². The molecule has 1 N–H and O–H groups in total. The topological polar surface area (TPSA) is 52.7 Å². The largest absolute Gasteiger partial charge is 0.320 e. The fourth-order valence-electron chi connectivity index (χ4n) is 2.08. The normalized spacial score (nSPS) is 13.9. The molecule has 6 heteroatoms. The van der Waals surface area contributed by atoms with Crippen LogP contribution >= 0.6 is 0 Å². The molecule has 120 valence electrons. The van der Waals surface area contributed by atoms with Crippen molar-refractivity contribution in [2.75, 3.05) is 41.3 Å².